The molecule has 1 aliphatic heterocycles. The third kappa shape index (κ3) is 4.62. The van der Waals surface area contributed by atoms with E-state index in [9.17, 15) is 0 Å². The fourth-order valence-corrected chi connectivity index (χ4v) is 6.70. The summed E-state index contributed by atoms with van der Waals surface area (Å²) in [5.41, 5.74) is 15.4. The number of allylic oxidation sites excluding steroid dienone is 2. The number of para-hydroxylation sites is 1. The van der Waals surface area contributed by atoms with Gasteiger partial charge >= 0.3 is 0 Å². The third-order valence-electron chi connectivity index (χ3n) is 8.80. The van der Waals surface area contributed by atoms with E-state index < -0.39 is 0 Å². The van der Waals surface area contributed by atoms with E-state index in [1.165, 1.54) is 5.56 Å². The highest BCUT2D eigenvalue weighted by Gasteiger charge is 2.38. The predicted molar refractivity (Wildman–Crippen MR) is 185 cm³/mol. The number of fused-ring (bicyclic) bond motifs is 6. The van der Waals surface area contributed by atoms with Crippen molar-refractivity contribution in [3.8, 4) is 0 Å². The Morgan fingerprint density at radius 2 is 1.51 bits per heavy atom. The zero-order valence-corrected chi connectivity index (χ0v) is 24.9. The van der Waals surface area contributed by atoms with E-state index >= 15 is 0 Å². The van der Waals surface area contributed by atoms with Gasteiger partial charge in [0.15, 0.2) is 5.84 Å². The van der Waals surface area contributed by atoms with Crippen molar-refractivity contribution in [2.75, 3.05) is 4.90 Å². The van der Waals surface area contributed by atoms with Crippen molar-refractivity contribution in [3.05, 3.63) is 162 Å². The van der Waals surface area contributed by atoms with Gasteiger partial charge in [-0.05, 0) is 54.4 Å². The largest absolute Gasteiger partial charge is 0.369 e. The molecule has 8 rings (SSSR count). The highest BCUT2D eigenvalue weighted by Crippen LogP contribution is 2.49. The topological polar surface area (TPSA) is 71.8 Å². The molecule has 0 bridgehead atoms. The van der Waals surface area contributed by atoms with Crippen LogP contribution in [0.3, 0.4) is 0 Å². The summed E-state index contributed by atoms with van der Waals surface area (Å²) < 4.78 is 2.03. The Labute approximate surface area is 262 Å². The Balaban J connectivity index is 1.34. The lowest BCUT2D eigenvalue weighted by Crippen LogP contribution is -2.28. The number of anilines is 2. The van der Waals surface area contributed by atoms with Gasteiger partial charge in [-0.1, -0.05) is 103 Å². The van der Waals surface area contributed by atoms with Crippen LogP contribution >= 0.6 is 0 Å². The molecule has 0 spiro atoms. The Morgan fingerprint density at radius 3 is 2.29 bits per heavy atom. The first-order chi connectivity index (χ1) is 22.2. The first-order valence-corrected chi connectivity index (χ1v) is 15.3. The van der Waals surface area contributed by atoms with Crippen LogP contribution < -0.4 is 10.6 Å². The molecular weight excluding hydrogens is 552 g/mol. The average molecular weight is 585 g/mol. The molecule has 0 amide bonds. The Morgan fingerprint density at radius 1 is 0.800 bits per heavy atom. The normalized spacial score (nSPS) is 18.4. The summed E-state index contributed by atoms with van der Waals surface area (Å²) in [6.07, 6.45) is 10.7. The van der Waals surface area contributed by atoms with E-state index in [1.807, 2.05) is 65.4 Å². The highest BCUT2D eigenvalue weighted by atomic mass is 15.2. The summed E-state index contributed by atoms with van der Waals surface area (Å²) in [5, 5.41) is 1.05. The lowest BCUT2D eigenvalue weighted by atomic mass is 9.91. The number of nitrogens with two attached hydrogens (primary N) is 1. The van der Waals surface area contributed by atoms with Gasteiger partial charge < -0.3 is 10.6 Å². The molecule has 0 fully saturated rings. The van der Waals surface area contributed by atoms with Crippen LogP contribution in [0.2, 0.25) is 0 Å². The summed E-state index contributed by atoms with van der Waals surface area (Å²) in [4.78, 5) is 17.4. The van der Waals surface area contributed by atoms with Crippen molar-refractivity contribution in [2.45, 2.75) is 24.9 Å². The lowest BCUT2D eigenvalue weighted by molar-refractivity contribution is 0.745. The monoisotopic (exact) mass is 584 g/mol. The second-order valence-electron chi connectivity index (χ2n) is 11.5. The van der Waals surface area contributed by atoms with Crippen molar-refractivity contribution in [3.63, 3.8) is 0 Å². The molecule has 6 aromatic rings. The van der Waals surface area contributed by atoms with Gasteiger partial charge in [0.2, 0.25) is 5.96 Å². The first-order valence-electron chi connectivity index (χ1n) is 15.3. The van der Waals surface area contributed by atoms with Crippen LogP contribution in [0.25, 0.3) is 21.9 Å². The number of pyridine rings is 1. The van der Waals surface area contributed by atoms with Gasteiger partial charge in [-0.2, -0.15) is 4.99 Å². The van der Waals surface area contributed by atoms with E-state index in [4.69, 9.17) is 20.7 Å². The highest BCUT2D eigenvalue weighted by molar-refractivity contribution is 6.16. The summed E-state index contributed by atoms with van der Waals surface area (Å²) in [6, 6.07) is 39.5. The van der Waals surface area contributed by atoms with Crippen molar-refractivity contribution in [2.24, 2.45) is 15.7 Å². The molecular formula is C39H32N6. The first kappa shape index (κ1) is 26.8. The predicted octanol–water partition coefficient (Wildman–Crippen LogP) is 8.29. The zero-order chi connectivity index (χ0) is 30.3. The van der Waals surface area contributed by atoms with Crippen LogP contribution in [-0.2, 0) is 0 Å². The molecule has 6 nitrogen and oxygen atoms in total. The maximum atomic E-state index is 7.00. The number of aromatic nitrogens is 2. The minimum atomic E-state index is -0.107. The Bertz CT molecular complexity index is 2140. The summed E-state index contributed by atoms with van der Waals surface area (Å²) in [6.45, 7) is 2.08. The second-order valence-corrected chi connectivity index (χ2v) is 11.5. The molecule has 218 valence electrons. The maximum Gasteiger partial charge on any atom is 0.207 e. The second kappa shape index (κ2) is 11.1. The number of benzene rings is 4. The Hall–Kier alpha value is -5.75. The average Bonchev–Trinajstić information content (AvgIpc) is 3.60. The van der Waals surface area contributed by atoms with Crippen LogP contribution in [0.4, 0.5) is 11.4 Å². The number of amidine groups is 1. The molecule has 2 aliphatic rings. The lowest BCUT2D eigenvalue weighted by Gasteiger charge is -2.28. The molecule has 0 radical (unpaired) electrons. The molecule has 4 aromatic carbocycles. The van der Waals surface area contributed by atoms with Gasteiger partial charge in [0.05, 0.1) is 28.6 Å². The van der Waals surface area contributed by atoms with Gasteiger partial charge in [0, 0.05) is 34.4 Å². The van der Waals surface area contributed by atoms with Gasteiger partial charge in [-0.25, -0.2) is 0 Å². The van der Waals surface area contributed by atoms with Crippen LogP contribution in [0, 0.1) is 0 Å². The van der Waals surface area contributed by atoms with E-state index in [1.54, 1.807) is 0 Å². The van der Waals surface area contributed by atoms with Gasteiger partial charge in [0.1, 0.15) is 0 Å². The smallest absolute Gasteiger partial charge is 0.207 e. The van der Waals surface area contributed by atoms with Crippen LogP contribution in [-0.4, -0.2) is 27.4 Å². The van der Waals surface area contributed by atoms with Gasteiger partial charge in [-0.3, -0.25) is 14.5 Å². The van der Waals surface area contributed by atoms with Crippen molar-refractivity contribution in [1.29, 1.82) is 0 Å². The zero-order valence-electron chi connectivity index (χ0n) is 24.9. The number of rotatable bonds is 4. The van der Waals surface area contributed by atoms with Crippen LogP contribution in [0.5, 0.6) is 0 Å². The van der Waals surface area contributed by atoms with E-state index in [0.717, 1.165) is 44.4 Å². The molecule has 1 aliphatic carbocycles. The van der Waals surface area contributed by atoms with E-state index in [2.05, 4.69) is 96.8 Å². The molecule has 0 saturated carbocycles. The molecule has 3 atom stereocenters. The minimum Gasteiger partial charge on any atom is -0.369 e. The summed E-state index contributed by atoms with van der Waals surface area (Å²) in [7, 11) is 0. The SMILES string of the molecule is CC(N=C(N=C(N)n1c2cc3c(cc2c2ncccc21)C1C=CC=CC1N3c1ccccc1)c1ccccc1)c1ccccc1. The van der Waals surface area contributed by atoms with E-state index in [-0.39, 0.29) is 18.0 Å². The Kier molecular flexibility index (Phi) is 6.60. The third-order valence-corrected chi connectivity index (χ3v) is 8.80. The van der Waals surface area contributed by atoms with Crippen molar-refractivity contribution in [1.82, 2.24) is 9.55 Å². The number of hydrogen-bond acceptors (Lipinski definition) is 3. The number of hydrogen-bond donors (Lipinski definition) is 1. The van der Waals surface area contributed by atoms with Crippen molar-refractivity contribution >= 4 is 45.1 Å². The van der Waals surface area contributed by atoms with Gasteiger partial charge in [-0.15, -0.1) is 0 Å². The quantitative estimate of drug-likeness (QED) is 0.167. The molecule has 6 heteroatoms. The number of nitrogens with zero attached hydrogens (tertiary/aromatic N) is 5. The fourth-order valence-electron chi connectivity index (χ4n) is 6.70. The molecule has 0 saturated heterocycles. The van der Waals surface area contributed by atoms with Gasteiger partial charge in [0.25, 0.3) is 0 Å². The molecule has 45 heavy (non-hydrogen) atoms. The fraction of sp³-hybridized carbons (Fsp3) is 0.103. The standard InChI is InChI=1S/C39H32N6/c1-26(27-14-5-2-6-15-27)42-38(28-16-7-3-8-17-28)43-39(40)45-34-22-13-23-41-37(34)32-24-31-30-20-11-12-21-33(30)44(35(31)25-36(32)45)29-18-9-4-10-19-29/h2-26,30,33H,1H3,(H2,40,42,43). The minimum absolute atomic E-state index is 0.107. The molecule has 2 aromatic heterocycles. The molecule has 3 unspecified atom stereocenters. The summed E-state index contributed by atoms with van der Waals surface area (Å²) in [5.74, 6) is 1.16. The van der Waals surface area contributed by atoms with Crippen LogP contribution in [0.1, 0.15) is 35.6 Å². The molecule has 2 N–H and O–H groups in total. The van der Waals surface area contributed by atoms with E-state index in [0.29, 0.717) is 11.8 Å². The van der Waals surface area contributed by atoms with Crippen LogP contribution in [0.15, 0.2) is 156 Å². The summed E-state index contributed by atoms with van der Waals surface area (Å²) >= 11 is 0. The van der Waals surface area contributed by atoms with Crippen molar-refractivity contribution < 1.29 is 0 Å². The maximum absolute atomic E-state index is 7.00. The number of aliphatic imine (C=N–C) groups is 2. The molecule has 3 heterocycles.